The van der Waals surface area contributed by atoms with Crippen LogP contribution in [0.3, 0.4) is 0 Å². The fourth-order valence-electron chi connectivity index (χ4n) is 2.76. The molecule has 0 unspecified atom stereocenters. The second kappa shape index (κ2) is 7.04. The maximum atomic E-state index is 12.4. The van der Waals surface area contributed by atoms with Gasteiger partial charge in [-0.2, -0.15) is 0 Å². The standard InChI is InChI=1S/C16H20N4O2S/c1-2-8-20-15(22)17-18-16(20)23-11-14(21)19-9-7-12-5-3-4-6-13(12)10-19/h3-6H,2,7-11H2,1H3,(H,17,22). The van der Waals surface area contributed by atoms with E-state index < -0.39 is 0 Å². The molecule has 1 amide bonds. The number of aromatic nitrogens is 3. The van der Waals surface area contributed by atoms with Gasteiger partial charge in [-0.3, -0.25) is 9.36 Å². The number of hydrogen-bond acceptors (Lipinski definition) is 4. The summed E-state index contributed by atoms with van der Waals surface area (Å²) in [6.07, 6.45) is 1.75. The van der Waals surface area contributed by atoms with E-state index in [1.54, 1.807) is 4.57 Å². The molecule has 0 bridgehead atoms. The van der Waals surface area contributed by atoms with Crippen LogP contribution >= 0.6 is 11.8 Å². The molecule has 1 N–H and O–H groups in total. The molecule has 2 heterocycles. The van der Waals surface area contributed by atoms with Crippen LogP contribution in [-0.2, 0) is 24.3 Å². The number of rotatable bonds is 5. The number of fused-ring (bicyclic) bond motifs is 1. The first-order valence-corrected chi connectivity index (χ1v) is 8.80. The Kier molecular flexibility index (Phi) is 4.85. The third-order valence-electron chi connectivity index (χ3n) is 3.98. The van der Waals surface area contributed by atoms with E-state index in [4.69, 9.17) is 0 Å². The molecule has 1 aromatic heterocycles. The smallest absolute Gasteiger partial charge is 0.337 e. The lowest BCUT2D eigenvalue weighted by Gasteiger charge is -2.28. The van der Waals surface area contributed by atoms with Gasteiger partial charge in [0.15, 0.2) is 5.16 Å². The average molecular weight is 332 g/mol. The third kappa shape index (κ3) is 3.50. The Morgan fingerprint density at radius 2 is 2.13 bits per heavy atom. The second-order valence-corrected chi connectivity index (χ2v) is 6.53. The van der Waals surface area contributed by atoms with Crippen molar-refractivity contribution >= 4 is 17.7 Å². The van der Waals surface area contributed by atoms with Crippen molar-refractivity contribution in [3.8, 4) is 0 Å². The van der Waals surface area contributed by atoms with E-state index in [1.165, 1.54) is 22.9 Å². The van der Waals surface area contributed by atoms with Gasteiger partial charge in [-0.25, -0.2) is 9.89 Å². The van der Waals surface area contributed by atoms with Crippen LogP contribution in [0.4, 0.5) is 0 Å². The highest BCUT2D eigenvalue weighted by atomic mass is 32.2. The van der Waals surface area contributed by atoms with Crippen molar-refractivity contribution in [2.24, 2.45) is 0 Å². The average Bonchev–Trinajstić information content (AvgIpc) is 2.93. The van der Waals surface area contributed by atoms with Gasteiger partial charge in [-0.15, -0.1) is 5.10 Å². The zero-order valence-corrected chi connectivity index (χ0v) is 13.9. The Balaban J connectivity index is 1.61. The van der Waals surface area contributed by atoms with Crippen LogP contribution in [-0.4, -0.2) is 37.9 Å². The van der Waals surface area contributed by atoms with E-state index in [0.717, 1.165) is 19.4 Å². The summed E-state index contributed by atoms with van der Waals surface area (Å²) in [6.45, 7) is 4.03. The first-order valence-electron chi connectivity index (χ1n) is 7.81. The Hall–Kier alpha value is -2.02. The first-order chi connectivity index (χ1) is 11.2. The summed E-state index contributed by atoms with van der Waals surface area (Å²) in [7, 11) is 0. The second-order valence-electron chi connectivity index (χ2n) is 5.59. The molecule has 7 heteroatoms. The topological polar surface area (TPSA) is 71.0 Å². The van der Waals surface area contributed by atoms with Crippen molar-refractivity contribution in [2.75, 3.05) is 12.3 Å². The van der Waals surface area contributed by atoms with Crippen molar-refractivity contribution in [3.05, 3.63) is 45.9 Å². The lowest BCUT2D eigenvalue weighted by Crippen LogP contribution is -2.37. The number of nitrogens with one attached hydrogen (secondary N) is 1. The minimum Gasteiger partial charge on any atom is -0.337 e. The summed E-state index contributed by atoms with van der Waals surface area (Å²) in [6, 6.07) is 8.25. The van der Waals surface area contributed by atoms with Crippen LogP contribution in [0, 0.1) is 0 Å². The normalized spacial score (nSPS) is 13.9. The van der Waals surface area contributed by atoms with Crippen molar-refractivity contribution in [2.45, 2.75) is 38.0 Å². The molecule has 122 valence electrons. The Labute approximate surface area is 138 Å². The van der Waals surface area contributed by atoms with Crippen LogP contribution in [0.2, 0.25) is 0 Å². The lowest BCUT2D eigenvalue weighted by molar-refractivity contribution is -0.129. The number of carbonyl (C=O) groups is 1. The van der Waals surface area contributed by atoms with Gasteiger partial charge >= 0.3 is 5.69 Å². The maximum absolute atomic E-state index is 12.4. The van der Waals surface area contributed by atoms with E-state index in [2.05, 4.69) is 22.3 Å². The minimum absolute atomic E-state index is 0.0861. The zero-order valence-electron chi connectivity index (χ0n) is 13.1. The highest BCUT2D eigenvalue weighted by Crippen LogP contribution is 2.20. The number of benzene rings is 1. The summed E-state index contributed by atoms with van der Waals surface area (Å²) >= 11 is 1.32. The number of hydrogen-bond donors (Lipinski definition) is 1. The maximum Gasteiger partial charge on any atom is 0.343 e. The van der Waals surface area contributed by atoms with Crippen molar-refractivity contribution in [1.29, 1.82) is 0 Å². The van der Waals surface area contributed by atoms with Crippen LogP contribution in [0.1, 0.15) is 24.5 Å². The molecule has 0 aliphatic carbocycles. The number of amides is 1. The molecule has 0 fully saturated rings. The Morgan fingerprint density at radius 1 is 1.35 bits per heavy atom. The van der Waals surface area contributed by atoms with E-state index in [-0.39, 0.29) is 11.6 Å². The Bertz CT molecular complexity index is 753. The SMILES string of the molecule is CCCn1c(SCC(=O)N2CCc3ccccc3C2)n[nH]c1=O. The number of carbonyl (C=O) groups excluding carboxylic acids is 1. The van der Waals surface area contributed by atoms with E-state index in [0.29, 0.717) is 24.0 Å². The van der Waals surface area contributed by atoms with Gasteiger partial charge in [-0.05, 0) is 24.0 Å². The van der Waals surface area contributed by atoms with Crippen LogP contribution in [0.5, 0.6) is 0 Å². The van der Waals surface area contributed by atoms with Gasteiger partial charge in [0.2, 0.25) is 5.91 Å². The molecule has 1 aliphatic rings. The third-order valence-corrected chi connectivity index (χ3v) is 4.94. The fraction of sp³-hybridized carbons (Fsp3) is 0.438. The monoisotopic (exact) mass is 332 g/mol. The van der Waals surface area contributed by atoms with Gasteiger partial charge in [0.1, 0.15) is 0 Å². The highest BCUT2D eigenvalue weighted by Gasteiger charge is 2.21. The molecular weight excluding hydrogens is 312 g/mol. The van der Waals surface area contributed by atoms with Crippen molar-refractivity contribution in [1.82, 2.24) is 19.7 Å². The molecule has 0 saturated heterocycles. The van der Waals surface area contributed by atoms with Gasteiger partial charge in [0.05, 0.1) is 5.75 Å². The summed E-state index contributed by atoms with van der Waals surface area (Å²) in [4.78, 5) is 26.0. The summed E-state index contributed by atoms with van der Waals surface area (Å²) in [5.41, 5.74) is 2.33. The number of H-pyrrole nitrogens is 1. The fourth-order valence-corrected chi connectivity index (χ4v) is 3.64. The molecule has 3 rings (SSSR count). The molecule has 0 atom stereocenters. The molecule has 2 aromatic rings. The van der Waals surface area contributed by atoms with Gasteiger partial charge in [0, 0.05) is 19.6 Å². The first kappa shape index (κ1) is 15.9. The van der Waals surface area contributed by atoms with Crippen molar-refractivity contribution < 1.29 is 4.79 Å². The quantitative estimate of drug-likeness (QED) is 0.845. The molecule has 6 nitrogen and oxygen atoms in total. The molecule has 23 heavy (non-hydrogen) atoms. The predicted octanol–water partition coefficient (Wildman–Crippen LogP) is 1.66. The van der Waals surface area contributed by atoms with Crippen LogP contribution in [0.25, 0.3) is 0 Å². The van der Waals surface area contributed by atoms with E-state index >= 15 is 0 Å². The summed E-state index contributed by atoms with van der Waals surface area (Å²) < 4.78 is 1.59. The molecule has 1 aromatic carbocycles. The Morgan fingerprint density at radius 3 is 2.91 bits per heavy atom. The van der Waals surface area contributed by atoms with Gasteiger partial charge < -0.3 is 4.90 Å². The highest BCUT2D eigenvalue weighted by molar-refractivity contribution is 7.99. The molecule has 0 saturated carbocycles. The number of thioether (sulfide) groups is 1. The molecule has 0 spiro atoms. The van der Waals surface area contributed by atoms with Crippen LogP contribution < -0.4 is 5.69 Å². The van der Waals surface area contributed by atoms with Crippen molar-refractivity contribution in [3.63, 3.8) is 0 Å². The lowest BCUT2D eigenvalue weighted by atomic mass is 10.00. The molecular formula is C16H20N4O2S. The molecule has 0 radical (unpaired) electrons. The summed E-state index contributed by atoms with van der Waals surface area (Å²) in [5.74, 6) is 0.388. The van der Waals surface area contributed by atoms with Gasteiger partial charge in [-0.1, -0.05) is 43.0 Å². The zero-order chi connectivity index (χ0) is 16.2. The van der Waals surface area contributed by atoms with E-state index in [1.807, 2.05) is 24.0 Å². The van der Waals surface area contributed by atoms with Crippen LogP contribution in [0.15, 0.2) is 34.2 Å². The largest absolute Gasteiger partial charge is 0.343 e. The minimum atomic E-state index is -0.214. The number of aromatic amines is 1. The predicted molar refractivity (Wildman–Crippen MR) is 89.4 cm³/mol. The van der Waals surface area contributed by atoms with Gasteiger partial charge in [0.25, 0.3) is 0 Å². The van der Waals surface area contributed by atoms with E-state index in [9.17, 15) is 9.59 Å². The number of nitrogens with zero attached hydrogens (tertiary/aromatic N) is 3. The summed E-state index contributed by atoms with van der Waals surface area (Å²) in [5, 5.41) is 7.04. The molecule has 1 aliphatic heterocycles.